The largest absolute Gasteiger partial charge is 0.508 e. The normalized spacial score (nSPS) is 25.3. The van der Waals surface area contributed by atoms with Crippen molar-refractivity contribution in [2.24, 2.45) is 11.7 Å². The predicted octanol–water partition coefficient (Wildman–Crippen LogP) is 2.67. The molecule has 1 fully saturated rings. The van der Waals surface area contributed by atoms with E-state index in [0.717, 1.165) is 31.2 Å². The second-order valence-corrected chi connectivity index (χ2v) is 6.52. The minimum absolute atomic E-state index is 0.152. The number of rotatable bonds is 3. The third-order valence-electron chi connectivity index (χ3n) is 4.41. The predicted molar refractivity (Wildman–Crippen MR) is 87.5 cm³/mol. The number of nitrogens with one attached hydrogen (secondary N) is 1. The Morgan fingerprint density at radius 1 is 1.43 bits per heavy atom. The lowest BCUT2D eigenvalue weighted by molar-refractivity contribution is 0.0900. The summed E-state index contributed by atoms with van der Waals surface area (Å²) < 4.78 is 0. The SMILES string of the molecule is Cc1cc(O)ccc1C(=O)NC1(C(N)=S)CCC(C)CC1. The van der Waals surface area contributed by atoms with E-state index in [1.165, 1.54) is 6.07 Å². The van der Waals surface area contributed by atoms with Crippen LogP contribution in [0.25, 0.3) is 0 Å². The van der Waals surface area contributed by atoms with Crippen molar-refractivity contribution in [2.45, 2.75) is 45.1 Å². The highest BCUT2D eigenvalue weighted by Gasteiger charge is 2.38. The molecule has 0 heterocycles. The smallest absolute Gasteiger partial charge is 0.252 e. The topological polar surface area (TPSA) is 75.3 Å². The van der Waals surface area contributed by atoms with Crippen molar-refractivity contribution in [1.82, 2.24) is 5.32 Å². The lowest BCUT2D eigenvalue weighted by atomic mass is 9.77. The molecule has 4 nitrogen and oxygen atoms in total. The Morgan fingerprint density at radius 3 is 2.57 bits per heavy atom. The highest BCUT2D eigenvalue weighted by Crippen LogP contribution is 2.32. The molecular formula is C16H22N2O2S. The first-order chi connectivity index (χ1) is 9.84. The maximum Gasteiger partial charge on any atom is 0.252 e. The molecular weight excluding hydrogens is 284 g/mol. The molecule has 0 unspecified atom stereocenters. The fourth-order valence-corrected chi connectivity index (χ4v) is 3.13. The van der Waals surface area contributed by atoms with Crippen LogP contribution >= 0.6 is 12.2 Å². The Hall–Kier alpha value is -1.62. The third kappa shape index (κ3) is 3.35. The first kappa shape index (κ1) is 15.8. The van der Waals surface area contributed by atoms with Crippen molar-refractivity contribution in [3.05, 3.63) is 29.3 Å². The van der Waals surface area contributed by atoms with Gasteiger partial charge in [-0.25, -0.2) is 0 Å². The number of hydrogen-bond donors (Lipinski definition) is 3. The Balaban J connectivity index is 2.21. The van der Waals surface area contributed by atoms with Gasteiger partial charge in [-0.2, -0.15) is 0 Å². The molecule has 1 amide bonds. The first-order valence-electron chi connectivity index (χ1n) is 7.26. The zero-order valence-electron chi connectivity index (χ0n) is 12.5. The standard InChI is InChI=1S/C16H22N2O2S/c1-10-5-7-16(8-6-10,15(17)21)18-14(20)13-4-3-12(19)9-11(13)2/h3-4,9-10,19H,5-8H2,1-2H3,(H2,17,21)(H,18,20). The van der Waals surface area contributed by atoms with E-state index in [-0.39, 0.29) is 11.7 Å². The summed E-state index contributed by atoms with van der Waals surface area (Å²) >= 11 is 5.21. The van der Waals surface area contributed by atoms with Crippen LogP contribution in [-0.4, -0.2) is 21.5 Å². The van der Waals surface area contributed by atoms with E-state index in [4.69, 9.17) is 18.0 Å². The van der Waals surface area contributed by atoms with Gasteiger partial charge in [0.2, 0.25) is 0 Å². The van der Waals surface area contributed by atoms with Crippen LogP contribution in [0.1, 0.15) is 48.5 Å². The van der Waals surface area contributed by atoms with E-state index in [2.05, 4.69) is 12.2 Å². The number of nitrogens with two attached hydrogens (primary N) is 1. The summed E-state index contributed by atoms with van der Waals surface area (Å²) in [5.41, 5.74) is 6.61. The second kappa shape index (κ2) is 6.02. The van der Waals surface area contributed by atoms with Crippen molar-refractivity contribution in [1.29, 1.82) is 0 Å². The molecule has 0 saturated heterocycles. The molecule has 4 N–H and O–H groups in total. The minimum Gasteiger partial charge on any atom is -0.508 e. The molecule has 1 aromatic carbocycles. The quantitative estimate of drug-likeness (QED) is 0.751. The zero-order valence-corrected chi connectivity index (χ0v) is 13.3. The molecule has 1 aromatic rings. The van der Waals surface area contributed by atoms with Crippen LogP contribution in [0.3, 0.4) is 0 Å². The highest BCUT2D eigenvalue weighted by atomic mass is 32.1. The molecule has 5 heteroatoms. The molecule has 21 heavy (non-hydrogen) atoms. The average molecular weight is 306 g/mol. The number of carbonyl (C=O) groups is 1. The first-order valence-corrected chi connectivity index (χ1v) is 7.67. The van der Waals surface area contributed by atoms with E-state index >= 15 is 0 Å². The van der Waals surface area contributed by atoms with Crippen molar-refractivity contribution in [2.75, 3.05) is 0 Å². The minimum atomic E-state index is -0.580. The fraction of sp³-hybridized carbons (Fsp3) is 0.500. The van der Waals surface area contributed by atoms with Gasteiger partial charge in [-0.05, 0) is 62.3 Å². The van der Waals surface area contributed by atoms with Gasteiger partial charge in [0.25, 0.3) is 5.91 Å². The van der Waals surface area contributed by atoms with Crippen LogP contribution in [0.15, 0.2) is 18.2 Å². The van der Waals surface area contributed by atoms with E-state index in [9.17, 15) is 9.90 Å². The van der Waals surface area contributed by atoms with Crippen molar-refractivity contribution in [3.8, 4) is 5.75 Å². The molecule has 1 saturated carbocycles. The maximum absolute atomic E-state index is 12.5. The summed E-state index contributed by atoms with van der Waals surface area (Å²) in [6.45, 7) is 4.00. The number of benzene rings is 1. The van der Waals surface area contributed by atoms with Gasteiger partial charge < -0.3 is 16.2 Å². The number of aromatic hydroxyl groups is 1. The number of phenols is 1. The van der Waals surface area contributed by atoms with E-state index in [1.54, 1.807) is 19.1 Å². The van der Waals surface area contributed by atoms with Crippen LogP contribution in [0.5, 0.6) is 5.75 Å². The highest BCUT2D eigenvalue weighted by molar-refractivity contribution is 7.80. The maximum atomic E-state index is 12.5. The van der Waals surface area contributed by atoms with Crippen LogP contribution < -0.4 is 11.1 Å². The molecule has 2 rings (SSSR count). The average Bonchev–Trinajstić information content (AvgIpc) is 2.41. The molecule has 0 bridgehead atoms. The van der Waals surface area contributed by atoms with Crippen molar-refractivity contribution >= 4 is 23.1 Å². The van der Waals surface area contributed by atoms with Gasteiger partial charge in [-0.1, -0.05) is 19.1 Å². The van der Waals surface area contributed by atoms with Crippen LogP contribution in [0.2, 0.25) is 0 Å². The van der Waals surface area contributed by atoms with Crippen molar-refractivity contribution < 1.29 is 9.90 Å². The molecule has 0 spiro atoms. The van der Waals surface area contributed by atoms with Crippen LogP contribution in [0, 0.1) is 12.8 Å². The zero-order chi connectivity index (χ0) is 15.6. The number of amides is 1. The molecule has 0 radical (unpaired) electrons. The Morgan fingerprint density at radius 2 is 2.05 bits per heavy atom. The summed E-state index contributed by atoms with van der Waals surface area (Å²) in [7, 11) is 0. The van der Waals surface area contributed by atoms with Gasteiger partial charge >= 0.3 is 0 Å². The number of thiocarbonyl (C=S) groups is 1. The second-order valence-electron chi connectivity index (χ2n) is 6.08. The lowest BCUT2D eigenvalue weighted by Crippen LogP contribution is -2.58. The third-order valence-corrected chi connectivity index (χ3v) is 4.80. The summed E-state index contributed by atoms with van der Waals surface area (Å²) in [6, 6.07) is 4.71. The lowest BCUT2D eigenvalue weighted by Gasteiger charge is -2.39. The fourth-order valence-electron chi connectivity index (χ4n) is 2.88. The van der Waals surface area contributed by atoms with Crippen molar-refractivity contribution in [3.63, 3.8) is 0 Å². The van der Waals surface area contributed by atoms with E-state index in [1.807, 2.05) is 0 Å². The Bertz CT molecular complexity index is 563. The number of hydrogen-bond acceptors (Lipinski definition) is 3. The number of aryl methyl sites for hydroxylation is 1. The molecule has 114 valence electrons. The van der Waals surface area contributed by atoms with Gasteiger partial charge in [-0.3, -0.25) is 4.79 Å². The molecule has 0 aromatic heterocycles. The van der Waals surface area contributed by atoms with Gasteiger partial charge in [0, 0.05) is 5.56 Å². The van der Waals surface area contributed by atoms with Gasteiger partial charge in [0.05, 0.1) is 10.5 Å². The summed E-state index contributed by atoms with van der Waals surface area (Å²) in [5.74, 6) is 0.606. The van der Waals surface area contributed by atoms with E-state index in [0.29, 0.717) is 16.5 Å². The molecule has 1 aliphatic rings. The van der Waals surface area contributed by atoms with Gasteiger partial charge in [-0.15, -0.1) is 0 Å². The van der Waals surface area contributed by atoms with Gasteiger partial charge in [0.1, 0.15) is 5.75 Å². The van der Waals surface area contributed by atoms with Gasteiger partial charge in [0.15, 0.2) is 0 Å². The summed E-state index contributed by atoms with van der Waals surface area (Å²) in [4.78, 5) is 12.9. The summed E-state index contributed by atoms with van der Waals surface area (Å²) in [5, 5.41) is 12.5. The van der Waals surface area contributed by atoms with E-state index < -0.39 is 5.54 Å². The van der Waals surface area contributed by atoms with Crippen LogP contribution in [-0.2, 0) is 0 Å². The monoisotopic (exact) mass is 306 g/mol. The number of carbonyl (C=O) groups excluding carboxylic acids is 1. The molecule has 0 atom stereocenters. The number of phenolic OH excluding ortho intramolecular Hbond substituents is 1. The molecule has 1 aliphatic carbocycles. The van der Waals surface area contributed by atoms with Crippen LogP contribution in [0.4, 0.5) is 0 Å². The summed E-state index contributed by atoms with van der Waals surface area (Å²) in [6.07, 6.45) is 3.58. The Labute approximate surface area is 130 Å². The molecule has 0 aliphatic heterocycles. The Kier molecular flexibility index (Phi) is 4.52.